The van der Waals surface area contributed by atoms with E-state index in [-0.39, 0.29) is 24.4 Å². The van der Waals surface area contributed by atoms with Gasteiger partial charge in [-0.25, -0.2) is 0 Å². The lowest BCUT2D eigenvalue weighted by Gasteiger charge is -2.17. The van der Waals surface area contributed by atoms with Crippen LogP contribution in [0.5, 0.6) is 17.2 Å². The second kappa shape index (κ2) is 10.1. The highest BCUT2D eigenvalue weighted by atomic mass is 35.5. The molecule has 1 amide bonds. The molecule has 148 valence electrons. The number of ether oxygens (including phenoxy) is 3. The Hall–Kier alpha value is -2.31. The SMILES string of the molecule is COc1ccc(CC(C)NC(=O)c2cc(Cl)c(N)cc2OC)cc1OC.Cl. The summed E-state index contributed by atoms with van der Waals surface area (Å²) in [6.07, 6.45) is 0.622. The van der Waals surface area contributed by atoms with Crippen LogP contribution in [0.1, 0.15) is 22.8 Å². The maximum atomic E-state index is 12.6. The van der Waals surface area contributed by atoms with Gasteiger partial charge in [0.05, 0.1) is 37.6 Å². The Morgan fingerprint density at radius 2 is 1.70 bits per heavy atom. The van der Waals surface area contributed by atoms with Gasteiger partial charge in [-0.05, 0) is 37.1 Å². The van der Waals surface area contributed by atoms with Gasteiger partial charge in [0.15, 0.2) is 11.5 Å². The molecule has 8 heteroatoms. The Morgan fingerprint density at radius 3 is 2.30 bits per heavy atom. The van der Waals surface area contributed by atoms with Crippen molar-refractivity contribution in [2.45, 2.75) is 19.4 Å². The van der Waals surface area contributed by atoms with Gasteiger partial charge < -0.3 is 25.3 Å². The molecule has 0 radical (unpaired) electrons. The van der Waals surface area contributed by atoms with E-state index in [2.05, 4.69) is 5.32 Å². The standard InChI is InChI=1S/C19H23ClN2O4.ClH/c1-11(7-12-5-6-16(24-2)18(8-12)26-4)22-19(23)13-9-14(20)15(21)10-17(13)25-3;/h5-6,8-11H,7,21H2,1-4H3,(H,22,23);1H. The zero-order valence-corrected chi connectivity index (χ0v) is 17.2. The number of benzene rings is 2. The monoisotopic (exact) mass is 414 g/mol. The second-order valence-corrected chi connectivity index (χ2v) is 6.25. The fraction of sp³-hybridized carbons (Fsp3) is 0.316. The molecule has 0 saturated heterocycles. The molecule has 0 fully saturated rings. The third kappa shape index (κ3) is 5.58. The van der Waals surface area contributed by atoms with Gasteiger partial charge in [0.25, 0.3) is 5.91 Å². The van der Waals surface area contributed by atoms with Crippen LogP contribution in [0, 0.1) is 0 Å². The number of anilines is 1. The number of halogens is 2. The maximum absolute atomic E-state index is 12.6. The summed E-state index contributed by atoms with van der Waals surface area (Å²) in [4.78, 5) is 12.6. The Labute approximate surface area is 170 Å². The molecule has 2 rings (SSSR count). The van der Waals surface area contributed by atoms with Crippen molar-refractivity contribution in [1.29, 1.82) is 0 Å². The molecular weight excluding hydrogens is 391 g/mol. The summed E-state index contributed by atoms with van der Waals surface area (Å²) < 4.78 is 15.8. The lowest BCUT2D eigenvalue weighted by Crippen LogP contribution is -2.34. The van der Waals surface area contributed by atoms with E-state index in [4.69, 9.17) is 31.5 Å². The normalized spacial score (nSPS) is 11.1. The van der Waals surface area contributed by atoms with Gasteiger partial charge in [0.2, 0.25) is 0 Å². The van der Waals surface area contributed by atoms with Crippen LogP contribution < -0.4 is 25.3 Å². The largest absolute Gasteiger partial charge is 0.496 e. The Kier molecular flexibility index (Phi) is 8.53. The number of carbonyl (C=O) groups is 1. The fourth-order valence-electron chi connectivity index (χ4n) is 2.63. The third-order valence-corrected chi connectivity index (χ3v) is 4.26. The first kappa shape index (κ1) is 22.7. The van der Waals surface area contributed by atoms with E-state index in [0.29, 0.717) is 39.9 Å². The van der Waals surface area contributed by atoms with Gasteiger partial charge in [0, 0.05) is 12.1 Å². The molecule has 2 aromatic carbocycles. The summed E-state index contributed by atoms with van der Waals surface area (Å²) in [5.74, 6) is 1.41. The van der Waals surface area contributed by atoms with E-state index in [0.717, 1.165) is 5.56 Å². The maximum Gasteiger partial charge on any atom is 0.255 e. The van der Waals surface area contributed by atoms with E-state index >= 15 is 0 Å². The summed E-state index contributed by atoms with van der Waals surface area (Å²) >= 11 is 6.03. The molecule has 0 aliphatic rings. The highest BCUT2D eigenvalue weighted by Gasteiger charge is 2.17. The Morgan fingerprint density at radius 1 is 1.07 bits per heavy atom. The number of rotatable bonds is 7. The molecule has 0 bridgehead atoms. The van der Waals surface area contributed by atoms with Crippen LogP contribution in [0.15, 0.2) is 30.3 Å². The number of nitrogens with two attached hydrogens (primary N) is 1. The minimum atomic E-state index is -0.281. The Bertz CT molecular complexity index is 800. The van der Waals surface area contributed by atoms with Crippen LogP contribution >= 0.6 is 24.0 Å². The molecule has 27 heavy (non-hydrogen) atoms. The average molecular weight is 415 g/mol. The van der Waals surface area contributed by atoms with Crippen molar-refractivity contribution in [1.82, 2.24) is 5.32 Å². The van der Waals surface area contributed by atoms with Crippen LogP contribution in [-0.2, 0) is 6.42 Å². The third-order valence-electron chi connectivity index (χ3n) is 3.93. The van der Waals surface area contributed by atoms with Crippen LogP contribution in [0.3, 0.4) is 0 Å². The van der Waals surface area contributed by atoms with Gasteiger partial charge >= 0.3 is 0 Å². The summed E-state index contributed by atoms with van der Waals surface area (Å²) in [6.45, 7) is 1.92. The van der Waals surface area contributed by atoms with E-state index < -0.39 is 0 Å². The van der Waals surface area contributed by atoms with Crippen molar-refractivity contribution < 1.29 is 19.0 Å². The number of methoxy groups -OCH3 is 3. The average Bonchev–Trinajstić information content (AvgIpc) is 2.63. The van der Waals surface area contributed by atoms with Gasteiger partial charge in [-0.15, -0.1) is 12.4 Å². The van der Waals surface area contributed by atoms with Crippen molar-refractivity contribution >= 4 is 35.6 Å². The molecule has 0 aliphatic carbocycles. The molecule has 3 N–H and O–H groups in total. The first-order valence-corrected chi connectivity index (χ1v) is 8.42. The Balaban J connectivity index is 0.00000364. The number of hydrogen-bond donors (Lipinski definition) is 2. The molecule has 0 aliphatic heterocycles. The summed E-state index contributed by atoms with van der Waals surface area (Å²) in [5, 5.41) is 3.25. The number of nitrogen functional groups attached to an aromatic ring is 1. The predicted molar refractivity (Wildman–Crippen MR) is 110 cm³/mol. The molecule has 0 heterocycles. The van der Waals surface area contributed by atoms with E-state index in [1.165, 1.54) is 19.2 Å². The fourth-order valence-corrected chi connectivity index (χ4v) is 2.79. The lowest BCUT2D eigenvalue weighted by atomic mass is 10.1. The first-order chi connectivity index (χ1) is 12.4. The molecular formula is C19H24Cl2N2O4. The van der Waals surface area contributed by atoms with Crippen molar-refractivity contribution in [2.24, 2.45) is 0 Å². The predicted octanol–water partition coefficient (Wildman–Crippen LogP) is 3.73. The first-order valence-electron chi connectivity index (χ1n) is 8.04. The minimum absolute atomic E-state index is 0. The van der Waals surface area contributed by atoms with Crippen molar-refractivity contribution in [2.75, 3.05) is 27.1 Å². The molecule has 0 spiro atoms. The summed E-state index contributed by atoms with van der Waals surface area (Å²) in [7, 11) is 4.65. The molecule has 0 aromatic heterocycles. The zero-order chi connectivity index (χ0) is 19.3. The summed E-state index contributed by atoms with van der Waals surface area (Å²) in [6, 6.07) is 8.59. The highest BCUT2D eigenvalue weighted by Crippen LogP contribution is 2.30. The second-order valence-electron chi connectivity index (χ2n) is 5.84. The van der Waals surface area contributed by atoms with Crippen LogP contribution in [0.25, 0.3) is 0 Å². The van der Waals surface area contributed by atoms with Crippen molar-refractivity contribution in [3.63, 3.8) is 0 Å². The van der Waals surface area contributed by atoms with E-state index in [1.807, 2.05) is 25.1 Å². The smallest absolute Gasteiger partial charge is 0.255 e. The van der Waals surface area contributed by atoms with Crippen LogP contribution in [0.4, 0.5) is 5.69 Å². The topological polar surface area (TPSA) is 82.8 Å². The van der Waals surface area contributed by atoms with Gasteiger partial charge in [0.1, 0.15) is 5.75 Å². The van der Waals surface area contributed by atoms with Crippen molar-refractivity contribution in [3.8, 4) is 17.2 Å². The highest BCUT2D eigenvalue weighted by molar-refractivity contribution is 6.33. The van der Waals surface area contributed by atoms with Gasteiger partial charge in [-0.1, -0.05) is 17.7 Å². The molecule has 1 atom stereocenters. The minimum Gasteiger partial charge on any atom is -0.496 e. The lowest BCUT2D eigenvalue weighted by molar-refractivity contribution is 0.0937. The molecule has 1 unspecified atom stereocenters. The van der Waals surface area contributed by atoms with Crippen LogP contribution in [-0.4, -0.2) is 33.3 Å². The van der Waals surface area contributed by atoms with Crippen molar-refractivity contribution in [3.05, 3.63) is 46.5 Å². The number of hydrogen-bond acceptors (Lipinski definition) is 5. The van der Waals surface area contributed by atoms with E-state index in [1.54, 1.807) is 14.2 Å². The van der Waals surface area contributed by atoms with Gasteiger partial charge in [-0.3, -0.25) is 4.79 Å². The molecule has 2 aromatic rings. The van der Waals surface area contributed by atoms with Crippen LogP contribution in [0.2, 0.25) is 5.02 Å². The number of nitrogens with one attached hydrogen (secondary N) is 1. The summed E-state index contributed by atoms with van der Waals surface area (Å²) in [5.41, 5.74) is 7.46. The quantitative estimate of drug-likeness (QED) is 0.674. The number of amides is 1. The molecule has 6 nitrogen and oxygen atoms in total. The number of carbonyl (C=O) groups excluding carboxylic acids is 1. The zero-order valence-electron chi connectivity index (χ0n) is 15.7. The van der Waals surface area contributed by atoms with E-state index in [9.17, 15) is 4.79 Å². The molecule has 0 saturated carbocycles. The van der Waals surface area contributed by atoms with Gasteiger partial charge in [-0.2, -0.15) is 0 Å².